The number of hydrogen-bond donors (Lipinski definition) is 2. The van der Waals surface area contributed by atoms with Crippen LogP contribution in [-0.4, -0.2) is 30.3 Å². The third-order valence-electron chi connectivity index (χ3n) is 4.82. The summed E-state index contributed by atoms with van der Waals surface area (Å²) in [5.41, 5.74) is 1.26. The van der Waals surface area contributed by atoms with E-state index in [0.717, 1.165) is 11.1 Å². The quantitative estimate of drug-likeness (QED) is 0.510. The first kappa shape index (κ1) is 19.7. The van der Waals surface area contributed by atoms with Gasteiger partial charge in [0.15, 0.2) is 11.2 Å². The average molecular weight is 406 g/mol. The minimum atomic E-state index is -0.761. The SMILES string of the molecule is CC(O)Cn1c(=O)[nH]c(=O)c2c1nc(-c1ccc(OCc3ccccc3)cc1)n2C. The van der Waals surface area contributed by atoms with Crippen LogP contribution in [0.2, 0.25) is 0 Å². The number of benzene rings is 2. The maximum atomic E-state index is 12.4. The van der Waals surface area contributed by atoms with Crippen molar-refractivity contribution in [1.29, 1.82) is 0 Å². The lowest BCUT2D eigenvalue weighted by atomic mass is 10.2. The zero-order valence-corrected chi connectivity index (χ0v) is 16.7. The summed E-state index contributed by atoms with van der Waals surface area (Å²) in [6, 6.07) is 17.3. The average Bonchev–Trinajstić information content (AvgIpc) is 3.08. The third-order valence-corrected chi connectivity index (χ3v) is 4.82. The molecule has 2 aromatic heterocycles. The van der Waals surface area contributed by atoms with Crippen LogP contribution in [-0.2, 0) is 20.2 Å². The van der Waals surface area contributed by atoms with Gasteiger partial charge in [-0.25, -0.2) is 9.78 Å². The van der Waals surface area contributed by atoms with Crippen molar-refractivity contribution in [2.24, 2.45) is 7.05 Å². The number of aromatic amines is 1. The van der Waals surface area contributed by atoms with Crippen LogP contribution in [0.15, 0.2) is 64.2 Å². The first-order chi connectivity index (χ1) is 14.4. The van der Waals surface area contributed by atoms with E-state index in [1.165, 1.54) is 4.57 Å². The second kappa shape index (κ2) is 8.00. The second-order valence-corrected chi connectivity index (χ2v) is 7.18. The summed E-state index contributed by atoms with van der Waals surface area (Å²) in [6.07, 6.45) is -0.761. The van der Waals surface area contributed by atoms with Gasteiger partial charge in [0.25, 0.3) is 5.56 Å². The largest absolute Gasteiger partial charge is 0.489 e. The number of aliphatic hydroxyl groups excluding tert-OH is 1. The van der Waals surface area contributed by atoms with Crippen LogP contribution in [0.4, 0.5) is 0 Å². The first-order valence-electron chi connectivity index (χ1n) is 9.59. The van der Waals surface area contributed by atoms with E-state index in [9.17, 15) is 14.7 Å². The lowest BCUT2D eigenvalue weighted by Gasteiger charge is -2.07. The molecule has 2 N–H and O–H groups in total. The van der Waals surface area contributed by atoms with E-state index in [-0.39, 0.29) is 17.7 Å². The molecular weight excluding hydrogens is 384 g/mol. The minimum Gasteiger partial charge on any atom is -0.489 e. The van der Waals surface area contributed by atoms with Crippen LogP contribution in [0.3, 0.4) is 0 Å². The van der Waals surface area contributed by atoms with Crippen molar-refractivity contribution in [3.8, 4) is 17.1 Å². The van der Waals surface area contributed by atoms with Gasteiger partial charge >= 0.3 is 5.69 Å². The highest BCUT2D eigenvalue weighted by Gasteiger charge is 2.18. The first-order valence-corrected chi connectivity index (χ1v) is 9.59. The molecule has 0 bridgehead atoms. The molecule has 8 nitrogen and oxygen atoms in total. The van der Waals surface area contributed by atoms with Gasteiger partial charge in [0.05, 0.1) is 12.6 Å². The fourth-order valence-electron chi connectivity index (χ4n) is 3.38. The molecule has 1 atom stereocenters. The molecule has 0 amide bonds. The lowest BCUT2D eigenvalue weighted by Crippen LogP contribution is -2.33. The van der Waals surface area contributed by atoms with Gasteiger partial charge in [0.2, 0.25) is 0 Å². The highest BCUT2D eigenvalue weighted by Crippen LogP contribution is 2.24. The van der Waals surface area contributed by atoms with E-state index in [0.29, 0.717) is 18.2 Å². The monoisotopic (exact) mass is 406 g/mol. The number of aromatic nitrogens is 4. The van der Waals surface area contributed by atoms with Gasteiger partial charge < -0.3 is 14.4 Å². The van der Waals surface area contributed by atoms with Gasteiger partial charge in [-0.2, -0.15) is 0 Å². The molecule has 0 fully saturated rings. The number of nitrogens with one attached hydrogen (secondary N) is 1. The van der Waals surface area contributed by atoms with Crippen LogP contribution < -0.4 is 16.0 Å². The normalized spacial score (nSPS) is 12.2. The Kier molecular flexibility index (Phi) is 5.24. The Hall–Kier alpha value is -3.65. The smallest absolute Gasteiger partial charge is 0.330 e. The maximum Gasteiger partial charge on any atom is 0.330 e. The zero-order chi connectivity index (χ0) is 21.3. The van der Waals surface area contributed by atoms with E-state index in [2.05, 4.69) is 9.97 Å². The number of hydrogen-bond acceptors (Lipinski definition) is 5. The van der Waals surface area contributed by atoms with E-state index in [1.807, 2.05) is 54.6 Å². The molecule has 4 rings (SSSR count). The highest BCUT2D eigenvalue weighted by molar-refractivity contribution is 5.76. The summed E-state index contributed by atoms with van der Waals surface area (Å²) in [7, 11) is 1.72. The number of imidazole rings is 1. The molecule has 0 radical (unpaired) electrons. The Bertz CT molecular complexity index is 1290. The molecule has 154 valence electrons. The fourth-order valence-corrected chi connectivity index (χ4v) is 3.38. The number of fused-ring (bicyclic) bond motifs is 1. The van der Waals surface area contributed by atoms with Gasteiger partial charge in [-0.05, 0) is 36.8 Å². The topological polar surface area (TPSA) is 102 Å². The Labute approximate surface area is 172 Å². The fraction of sp³-hybridized carbons (Fsp3) is 0.227. The molecule has 0 aliphatic carbocycles. The molecule has 0 spiro atoms. The molecule has 4 aromatic rings. The van der Waals surface area contributed by atoms with E-state index >= 15 is 0 Å². The summed E-state index contributed by atoms with van der Waals surface area (Å²) in [4.78, 5) is 31.4. The van der Waals surface area contributed by atoms with Crippen molar-refractivity contribution in [3.05, 3.63) is 81.0 Å². The molecule has 0 saturated carbocycles. The molecule has 2 heterocycles. The molecule has 30 heavy (non-hydrogen) atoms. The number of nitrogens with zero attached hydrogens (tertiary/aromatic N) is 3. The highest BCUT2D eigenvalue weighted by atomic mass is 16.5. The summed E-state index contributed by atoms with van der Waals surface area (Å²) < 4.78 is 8.74. The van der Waals surface area contributed by atoms with Gasteiger partial charge in [-0.1, -0.05) is 30.3 Å². The van der Waals surface area contributed by atoms with Crippen molar-refractivity contribution < 1.29 is 9.84 Å². The van der Waals surface area contributed by atoms with Crippen LogP contribution in [0.25, 0.3) is 22.6 Å². The molecule has 1 unspecified atom stereocenters. The summed E-state index contributed by atoms with van der Waals surface area (Å²) in [5, 5.41) is 9.72. The van der Waals surface area contributed by atoms with Crippen molar-refractivity contribution in [2.75, 3.05) is 0 Å². The minimum absolute atomic E-state index is 0.0365. The van der Waals surface area contributed by atoms with Crippen LogP contribution in [0.5, 0.6) is 5.75 Å². The maximum absolute atomic E-state index is 12.4. The van der Waals surface area contributed by atoms with E-state index in [1.54, 1.807) is 18.5 Å². The molecule has 0 aliphatic rings. The third kappa shape index (κ3) is 3.77. The number of H-pyrrole nitrogens is 1. The van der Waals surface area contributed by atoms with Crippen molar-refractivity contribution >= 4 is 11.2 Å². The summed E-state index contributed by atoms with van der Waals surface area (Å²) in [5.74, 6) is 1.25. The van der Waals surface area contributed by atoms with Gasteiger partial charge in [0, 0.05) is 12.6 Å². The van der Waals surface area contributed by atoms with Crippen molar-refractivity contribution in [3.63, 3.8) is 0 Å². The van der Waals surface area contributed by atoms with Crippen molar-refractivity contribution in [2.45, 2.75) is 26.2 Å². The van der Waals surface area contributed by atoms with Crippen LogP contribution >= 0.6 is 0 Å². The molecule has 2 aromatic carbocycles. The Morgan fingerprint density at radius 2 is 1.80 bits per heavy atom. The van der Waals surface area contributed by atoms with Gasteiger partial charge in [0.1, 0.15) is 18.2 Å². The number of aliphatic hydroxyl groups is 1. The molecule has 0 aliphatic heterocycles. The zero-order valence-electron chi connectivity index (χ0n) is 16.7. The van der Waals surface area contributed by atoms with Crippen LogP contribution in [0, 0.1) is 0 Å². The number of aryl methyl sites for hydroxylation is 1. The second-order valence-electron chi connectivity index (χ2n) is 7.18. The molecular formula is C22H22N4O4. The van der Waals surface area contributed by atoms with Gasteiger partial charge in [-0.3, -0.25) is 14.3 Å². The summed E-state index contributed by atoms with van der Waals surface area (Å²) >= 11 is 0. The number of rotatable bonds is 6. The predicted octanol–water partition coefficient (Wildman–Crippen LogP) is 2.05. The standard InChI is InChI=1S/C22H22N4O4/c1-14(27)12-26-20-18(21(28)24-22(26)29)25(2)19(23-20)16-8-10-17(11-9-16)30-13-15-6-4-3-5-7-15/h3-11,14,27H,12-13H2,1-2H3,(H,24,28,29). The van der Waals surface area contributed by atoms with Crippen LogP contribution in [0.1, 0.15) is 12.5 Å². The number of ether oxygens (including phenoxy) is 1. The van der Waals surface area contributed by atoms with Gasteiger partial charge in [-0.15, -0.1) is 0 Å². The Morgan fingerprint density at radius 3 is 2.47 bits per heavy atom. The Balaban J connectivity index is 1.67. The predicted molar refractivity (Wildman–Crippen MR) is 113 cm³/mol. The summed E-state index contributed by atoms with van der Waals surface area (Å²) in [6.45, 7) is 2.07. The van der Waals surface area contributed by atoms with Crippen molar-refractivity contribution in [1.82, 2.24) is 19.1 Å². The molecule has 8 heteroatoms. The lowest BCUT2D eigenvalue weighted by molar-refractivity contribution is 0.173. The van der Waals surface area contributed by atoms with E-state index in [4.69, 9.17) is 4.74 Å². The molecule has 0 saturated heterocycles. The Morgan fingerprint density at radius 1 is 1.10 bits per heavy atom. The van der Waals surface area contributed by atoms with E-state index < -0.39 is 17.4 Å².